The van der Waals surface area contributed by atoms with Crippen LogP contribution < -0.4 is 4.74 Å². The van der Waals surface area contributed by atoms with Crippen LogP contribution in [0.2, 0.25) is 0 Å². The van der Waals surface area contributed by atoms with Crippen LogP contribution >= 0.6 is 11.8 Å². The monoisotopic (exact) mass is 431 g/mol. The lowest BCUT2D eigenvalue weighted by Crippen LogP contribution is -2.18. The van der Waals surface area contributed by atoms with Gasteiger partial charge in [-0.05, 0) is 46.8 Å². The van der Waals surface area contributed by atoms with Crippen molar-refractivity contribution in [1.82, 2.24) is 24.8 Å². The summed E-state index contributed by atoms with van der Waals surface area (Å²) in [6.45, 7) is 0.491. The van der Waals surface area contributed by atoms with Crippen LogP contribution in [0.3, 0.4) is 0 Å². The van der Waals surface area contributed by atoms with Crippen molar-refractivity contribution in [3.05, 3.63) is 72.8 Å². The maximum absolute atomic E-state index is 10.8. The average Bonchev–Trinajstić information content (AvgIpc) is 3.41. The van der Waals surface area contributed by atoms with Gasteiger partial charge in [0.25, 0.3) is 0 Å². The van der Waals surface area contributed by atoms with Gasteiger partial charge in [-0.15, -0.1) is 5.10 Å². The molecule has 0 aliphatic rings. The molecule has 0 radical (unpaired) electrons. The Bertz CT molecular complexity index is 1280. The minimum atomic E-state index is -0.565. The van der Waals surface area contributed by atoms with Crippen molar-refractivity contribution in [2.24, 2.45) is 0 Å². The number of hydrogen-bond acceptors (Lipinski definition) is 6. The lowest BCUT2D eigenvalue weighted by Gasteiger charge is -2.13. The highest BCUT2D eigenvalue weighted by molar-refractivity contribution is 7.99. The van der Waals surface area contributed by atoms with Crippen LogP contribution in [-0.2, 0) is 6.54 Å². The summed E-state index contributed by atoms with van der Waals surface area (Å²) >= 11 is 1.43. The Balaban J connectivity index is 1.34. The molecule has 2 heterocycles. The van der Waals surface area contributed by atoms with E-state index in [1.54, 1.807) is 11.8 Å². The Hall–Kier alpha value is -3.36. The molecule has 1 atom stereocenters. The Morgan fingerprint density at radius 1 is 0.935 bits per heavy atom. The van der Waals surface area contributed by atoms with Crippen LogP contribution in [0.15, 0.2) is 78.0 Å². The van der Waals surface area contributed by atoms with Gasteiger partial charge in [0.05, 0.1) is 25.4 Å². The molecule has 5 rings (SSSR count). The van der Waals surface area contributed by atoms with Crippen molar-refractivity contribution in [1.29, 1.82) is 0 Å². The highest BCUT2D eigenvalue weighted by Gasteiger charge is 2.16. The van der Waals surface area contributed by atoms with Crippen LogP contribution in [-0.4, -0.2) is 48.8 Å². The largest absolute Gasteiger partial charge is 0.497 e. The first-order chi connectivity index (χ1) is 15.2. The Kier molecular flexibility index (Phi) is 5.31. The molecular weight excluding hydrogens is 410 g/mol. The SMILES string of the molecule is COc1ccc(-n2nnnc2SCC(O)Cn2c3ccccc3c3ccccc32)cc1. The summed E-state index contributed by atoms with van der Waals surface area (Å²) in [4.78, 5) is 0. The molecule has 0 spiro atoms. The lowest BCUT2D eigenvalue weighted by molar-refractivity contribution is 0.181. The number of benzene rings is 3. The molecule has 0 aliphatic carbocycles. The summed E-state index contributed by atoms with van der Waals surface area (Å²) in [5, 5.41) is 25.9. The highest BCUT2D eigenvalue weighted by atomic mass is 32.2. The van der Waals surface area contributed by atoms with Gasteiger partial charge in [0.2, 0.25) is 5.16 Å². The summed E-state index contributed by atoms with van der Waals surface area (Å²) in [5.74, 6) is 1.24. The molecule has 0 aliphatic heterocycles. The maximum atomic E-state index is 10.8. The van der Waals surface area contributed by atoms with Crippen LogP contribution in [0.25, 0.3) is 27.5 Å². The first-order valence-corrected chi connectivity index (χ1v) is 10.9. The number of hydrogen-bond donors (Lipinski definition) is 1. The summed E-state index contributed by atoms with van der Waals surface area (Å²) in [6, 6.07) is 24.1. The minimum Gasteiger partial charge on any atom is -0.497 e. The van der Waals surface area contributed by atoms with E-state index in [2.05, 4.69) is 44.4 Å². The Morgan fingerprint density at radius 3 is 2.23 bits per heavy atom. The number of methoxy groups -OCH3 is 1. The number of nitrogens with zero attached hydrogens (tertiary/aromatic N) is 5. The van der Waals surface area contributed by atoms with Gasteiger partial charge in [0, 0.05) is 27.6 Å². The van der Waals surface area contributed by atoms with Crippen molar-refractivity contribution in [3.8, 4) is 11.4 Å². The molecule has 0 saturated carbocycles. The van der Waals surface area contributed by atoms with Gasteiger partial charge in [-0.3, -0.25) is 0 Å². The molecule has 2 aromatic heterocycles. The molecule has 0 saturated heterocycles. The van der Waals surface area contributed by atoms with Gasteiger partial charge in [-0.25, -0.2) is 0 Å². The molecule has 31 heavy (non-hydrogen) atoms. The van der Waals surface area contributed by atoms with Crippen molar-refractivity contribution < 1.29 is 9.84 Å². The number of tetrazole rings is 1. The number of para-hydroxylation sites is 2. The van der Waals surface area contributed by atoms with E-state index in [0.717, 1.165) is 22.5 Å². The van der Waals surface area contributed by atoms with Gasteiger partial charge >= 0.3 is 0 Å². The van der Waals surface area contributed by atoms with E-state index in [0.29, 0.717) is 17.5 Å². The third-order valence-corrected chi connectivity index (χ3v) is 6.30. The van der Waals surface area contributed by atoms with Crippen molar-refractivity contribution in [2.75, 3.05) is 12.9 Å². The van der Waals surface area contributed by atoms with E-state index >= 15 is 0 Å². The molecule has 5 aromatic rings. The zero-order valence-corrected chi connectivity index (χ0v) is 17.7. The van der Waals surface area contributed by atoms with Crippen LogP contribution in [0.5, 0.6) is 5.75 Å². The van der Waals surface area contributed by atoms with E-state index < -0.39 is 6.10 Å². The van der Waals surface area contributed by atoms with Crippen LogP contribution in [0, 0.1) is 0 Å². The number of rotatable bonds is 7. The smallest absolute Gasteiger partial charge is 0.214 e. The number of thioether (sulfide) groups is 1. The molecule has 1 unspecified atom stereocenters. The molecule has 0 bridgehead atoms. The van der Waals surface area contributed by atoms with Gasteiger partial charge in [-0.2, -0.15) is 4.68 Å². The molecule has 156 valence electrons. The van der Waals surface area contributed by atoms with Gasteiger partial charge in [-0.1, -0.05) is 48.2 Å². The Labute approximate surface area is 183 Å². The standard InChI is InChI=1S/C23H21N5O2S/c1-30-18-12-10-16(11-13-18)28-23(24-25-26-28)31-15-17(29)14-27-21-8-4-2-6-19(21)20-7-3-5-9-22(20)27/h2-13,17,29H,14-15H2,1H3. The molecular formula is C23H21N5O2S. The summed E-state index contributed by atoms with van der Waals surface area (Å²) in [7, 11) is 1.63. The number of ether oxygens (including phenoxy) is 1. The zero-order chi connectivity index (χ0) is 21.2. The van der Waals surface area contributed by atoms with Crippen LogP contribution in [0.4, 0.5) is 0 Å². The normalized spacial score (nSPS) is 12.5. The fourth-order valence-electron chi connectivity index (χ4n) is 3.79. The number of aromatic nitrogens is 5. The maximum Gasteiger partial charge on any atom is 0.214 e. The average molecular weight is 432 g/mol. The van der Waals surface area contributed by atoms with Crippen LogP contribution in [0.1, 0.15) is 0 Å². The molecule has 0 amide bonds. The fraction of sp³-hybridized carbons (Fsp3) is 0.174. The number of aliphatic hydroxyl groups is 1. The summed E-state index contributed by atoms with van der Waals surface area (Å²) < 4.78 is 9.05. The second kappa shape index (κ2) is 8.41. The number of fused-ring (bicyclic) bond motifs is 3. The highest BCUT2D eigenvalue weighted by Crippen LogP contribution is 2.29. The molecule has 1 N–H and O–H groups in total. The molecule has 8 heteroatoms. The minimum absolute atomic E-state index is 0.470. The van der Waals surface area contributed by atoms with Gasteiger partial charge < -0.3 is 14.4 Å². The molecule has 3 aromatic carbocycles. The first kappa shape index (κ1) is 19.6. The second-order valence-corrected chi connectivity index (χ2v) is 8.17. The third-order valence-electron chi connectivity index (χ3n) is 5.24. The summed E-state index contributed by atoms with van der Waals surface area (Å²) in [6.07, 6.45) is -0.565. The van der Waals surface area contributed by atoms with E-state index in [-0.39, 0.29) is 0 Å². The van der Waals surface area contributed by atoms with E-state index in [1.165, 1.54) is 22.5 Å². The topological polar surface area (TPSA) is 78.0 Å². The zero-order valence-electron chi connectivity index (χ0n) is 16.9. The first-order valence-electron chi connectivity index (χ1n) is 9.94. The van der Waals surface area contributed by atoms with Gasteiger partial charge in [0.1, 0.15) is 5.75 Å². The van der Waals surface area contributed by atoms with E-state index in [1.807, 2.05) is 48.5 Å². The fourth-order valence-corrected chi connectivity index (χ4v) is 4.59. The van der Waals surface area contributed by atoms with Crippen molar-refractivity contribution in [2.45, 2.75) is 17.8 Å². The summed E-state index contributed by atoms with van der Waals surface area (Å²) in [5.41, 5.74) is 3.08. The molecule has 0 fully saturated rings. The molecule has 7 nitrogen and oxygen atoms in total. The quantitative estimate of drug-likeness (QED) is 0.394. The Morgan fingerprint density at radius 2 is 1.58 bits per heavy atom. The lowest BCUT2D eigenvalue weighted by atomic mass is 10.2. The predicted octanol–water partition coefficient (Wildman–Crippen LogP) is 3.93. The van der Waals surface area contributed by atoms with Gasteiger partial charge in [0.15, 0.2) is 0 Å². The number of aliphatic hydroxyl groups excluding tert-OH is 1. The van der Waals surface area contributed by atoms with E-state index in [9.17, 15) is 5.11 Å². The second-order valence-electron chi connectivity index (χ2n) is 7.18. The van der Waals surface area contributed by atoms with Crippen molar-refractivity contribution >= 4 is 33.6 Å². The van der Waals surface area contributed by atoms with Crippen molar-refractivity contribution in [3.63, 3.8) is 0 Å². The third kappa shape index (κ3) is 3.75. The predicted molar refractivity (Wildman–Crippen MR) is 122 cm³/mol. The van der Waals surface area contributed by atoms with E-state index in [4.69, 9.17) is 4.74 Å².